The Morgan fingerprint density at radius 2 is 1.79 bits per heavy atom. The van der Waals surface area contributed by atoms with E-state index in [1.54, 1.807) is 18.4 Å². The number of rotatable bonds is 7. The highest BCUT2D eigenvalue weighted by Crippen LogP contribution is 2.25. The van der Waals surface area contributed by atoms with Gasteiger partial charge < -0.3 is 14.5 Å². The summed E-state index contributed by atoms with van der Waals surface area (Å²) in [5.41, 5.74) is 0.577. The minimum atomic E-state index is -0.116. The summed E-state index contributed by atoms with van der Waals surface area (Å²) in [4.78, 5) is 15.1. The molecule has 1 amide bonds. The van der Waals surface area contributed by atoms with Gasteiger partial charge in [0.05, 0.1) is 12.3 Å². The van der Waals surface area contributed by atoms with Gasteiger partial charge >= 0.3 is 0 Å². The lowest BCUT2D eigenvalue weighted by Gasteiger charge is -2.26. The van der Waals surface area contributed by atoms with E-state index in [-0.39, 0.29) is 11.9 Å². The number of nitrogens with zero attached hydrogens (tertiary/aromatic N) is 1. The van der Waals surface area contributed by atoms with Crippen LogP contribution < -0.4 is 10.1 Å². The van der Waals surface area contributed by atoms with Crippen molar-refractivity contribution in [3.05, 3.63) is 84.3 Å². The zero-order chi connectivity index (χ0) is 19.2. The third-order valence-electron chi connectivity index (χ3n) is 4.98. The van der Waals surface area contributed by atoms with Crippen molar-refractivity contribution >= 4 is 5.91 Å². The quantitative estimate of drug-likeness (QED) is 0.653. The molecule has 1 aliphatic heterocycles. The van der Waals surface area contributed by atoms with Crippen molar-refractivity contribution in [1.29, 1.82) is 0 Å². The number of benzene rings is 2. The predicted octanol–water partition coefficient (Wildman–Crippen LogP) is 4.64. The molecule has 2 aromatic carbocycles. The van der Waals surface area contributed by atoms with E-state index in [4.69, 9.17) is 9.15 Å². The van der Waals surface area contributed by atoms with Crippen LogP contribution in [-0.4, -0.2) is 30.4 Å². The lowest BCUT2D eigenvalue weighted by Crippen LogP contribution is -2.36. The maximum absolute atomic E-state index is 12.7. The average Bonchev–Trinajstić information content (AvgIpc) is 3.44. The maximum atomic E-state index is 12.7. The Kier molecular flexibility index (Phi) is 5.73. The van der Waals surface area contributed by atoms with Crippen molar-refractivity contribution in [2.45, 2.75) is 18.9 Å². The third kappa shape index (κ3) is 4.43. The first-order valence-corrected chi connectivity index (χ1v) is 9.68. The van der Waals surface area contributed by atoms with Crippen LogP contribution in [-0.2, 0) is 0 Å². The molecule has 0 radical (unpaired) electrons. The number of carbonyl (C=O) groups excluding carboxylic acids is 1. The molecule has 28 heavy (non-hydrogen) atoms. The van der Waals surface area contributed by atoms with Crippen LogP contribution in [0.2, 0.25) is 0 Å². The van der Waals surface area contributed by atoms with Crippen molar-refractivity contribution in [1.82, 2.24) is 10.2 Å². The fraction of sp³-hybridized carbons (Fsp3) is 0.261. The van der Waals surface area contributed by atoms with Crippen LogP contribution in [0.3, 0.4) is 0 Å². The number of amides is 1. The summed E-state index contributed by atoms with van der Waals surface area (Å²) in [6.07, 6.45) is 4.05. The molecule has 1 aromatic heterocycles. The summed E-state index contributed by atoms with van der Waals surface area (Å²) < 4.78 is 11.5. The van der Waals surface area contributed by atoms with E-state index in [9.17, 15) is 4.79 Å². The molecule has 1 N–H and O–H groups in total. The summed E-state index contributed by atoms with van der Waals surface area (Å²) in [7, 11) is 0. The number of hydrogen-bond donors (Lipinski definition) is 1. The number of furan rings is 1. The van der Waals surface area contributed by atoms with Gasteiger partial charge in [-0.1, -0.05) is 24.3 Å². The predicted molar refractivity (Wildman–Crippen MR) is 108 cm³/mol. The van der Waals surface area contributed by atoms with Crippen LogP contribution in [0.5, 0.6) is 11.5 Å². The van der Waals surface area contributed by atoms with E-state index >= 15 is 0 Å². The SMILES string of the molecule is O=C(NCC(c1ccco1)N1CCCC1)c1cccc(Oc2ccccc2)c1. The van der Waals surface area contributed by atoms with Crippen LogP contribution in [0.25, 0.3) is 0 Å². The van der Waals surface area contributed by atoms with Crippen LogP contribution in [0, 0.1) is 0 Å². The number of ether oxygens (including phenoxy) is 1. The van der Waals surface area contributed by atoms with Crippen molar-refractivity contribution in [2.75, 3.05) is 19.6 Å². The van der Waals surface area contributed by atoms with E-state index in [0.29, 0.717) is 17.9 Å². The van der Waals surface area contributed by atoms with Gasteiger partial charge in [0.2, 0.25) is 0 Å². The molecule has 5 heteroatoms. The molecule has 2 heterocycles. The lowest BCUT2D eigenvalue weighted by atomic mass is 10.1. The fourth-order valence-corrected chi connectivity index (χ4v) is 3.56. The number of likely N-dealkylation sites (tertiary alicyclic amines) is 1. The van der Waals surface area contributed by atoms with Crippen molar-refractivity contribution < 1.29 is 13.9 Å². The molecule has 1 aliphatic rings. The Morgan fingerprint density at radius 1 is 1.00 bits per heavy atom. The molecule has 3 aromatic rings. The Hall–Kier alpha value is -3.05. The molecular weight excluding hydrogens is 352 g/mol. The van der Waals surface area contributed by atoms with E-state index in [1.807, 2.05) is 54.6 Å². The highest BCUT2D eigenvalue weighted by Gasteiger charge is 2.26. The number of nitrogens with one attached hydrogen (secondary N) is 1. The molecule has 0 aliphatic carbocycles. The minimum Gasteiger partial charge on any atom is -0.468 e. The van der Waals surface area contributed by atoms with Crippen LogP contribution >= 0.6 is 0 Å². The molecule has 1 saturated heterocycles. The molecule has 144 valence electrons. The van der Waals surface area contributed by atoms with Crippen molar-refractivity contribution in [3.8, 4) is 11.5 Å². The molecular formula is C23H24N2O3. The van der Waals surface area contributed by atoms with Gasteiger partial charge in [-0.2, -0.15) is 0 Å². The van der Waals surface area contributed by atoms with Gasteiger partial charge in [0, 0.05) is 12.1 Å². The first-order valence-electron chi connectivity index (χ1n) is 9.68. The van der Waals surface area contributed by atoms with Gasteiger partial charge in [-0.25, -0.2) is 0 Å². The van der Waals surface area contributed by atoms with Crippen molar-refractivity contribution in [3.63, 3.8) is 0 Å². The summed E-state index contributed by atoms with van der Waals surface area (Å²) in [6.45, 7) is 2.57. The normalized spacial score (nSPS) is 15.3. The van der Waals surface area contributed by atoms with Gasteiger partial charge in [-0.05, 0) is 68.4 Å². The Labute approximate surface area is 164 Å². The van der Waals surface area contributed by atoms with Gasteiger partial charge in [-0.3, -0.25) is 9.69 Å². The van der Waals surface area contributed by atoms with E-state index in [2.05, 4.69) is 10.2 Å². The number of carbonyl (C=O) groups is 1. The second-order valence-corrected chi connectivity index (χ2v) is 6.93. The fourth-order valence-electron chi connectivity index (χ4n) is 3.56. The van der Waals surface area contributed by atoms with E-state index < -0.39 is 0 Å². The summed E-state index contributed by atoms with van der Waals surface area (Å²) in [6, 6.07) is 20.7. The molecule has 0 spiro atoms. The zero-order valence-electron chi connectivity index (χ0n) is 15.7. The van der Waals surface area contributed by atoms with E-state index in [0.717, 1.165) is 24.6 Å². The largest absolute Gasteiger partial charge is 0.468 e. The summed E-state index contributed by atoms with van der Waals surface area (Å²) >= 11 is 0. The molecule has 1 fully saturated rings. The standard InChI is InChI=1S/C23H24N2O3/c26-23(18-8-6-11-20(16-18)28-19-9-2-1-3-10-19)24-17-21(22-12-7-15-27-22)25-13-4-5-14-25/h1-3,6-12,15-16,21H,4-5,13-14,17H2,(H,24,26). The summed E-state index contributed by atoms with van der Waals surface area (Å²) in [5.74, 6) is 2.16. The van der Waals surface area contributed by atoms with Crippen LogP contribution in [0.1, 0.15) is 35.0 Å². The van der Waals surface area contributed by atoms with Crippen molar-refractivity contribution in [2.24, 2.45) is 0 Å². The van der Waals surface area contributed by atoms with Crippen LogP contribution in [0.15, 0.2) is 77.4 Å². The molecule has 0 bridgehead atoms. The molecule has 1 atom stereocenters. The monoisotopic (exact) mass is 376 g/mol. The summed E-state index contributed by atoms with van der Waals surface area (Å²) in [5, 5.41) is 3.06. The minimum absolute atomic E-state index is 0.0604. The Morgan fingerprint density at radius 3 is 2.54 bits per heavy atom. The molecule has 0 saturated carbocycles. The van der Waals surface area contributed by atoms with E-state index in [1.165, 1.54) is 12.8 Å². The zero-order valence-corrected chi connectivity index (χ0v) is 15.7. The molecule has 4 rings (SSSR count). The third-order valence-corrected chi connectivity index (χ3v) is 4.98. The van der Waals surface area contributed by atoms with Gasteiger partial charge in [0.25, 0.3) is 5.91 Å². The first kappa shape index (κ1) is 18.3. The first-order chi connectivity index (χ1) is 13.8. The number of hydrogen-bond acceptors (Lipinski definition) is 4. The topological polar surface area (TPSA) is 54.7 Å². The van der Waals surface area contributed by atoms with Gasteiger partial charge in [-0.15, -0.1) is 0 Å². The second kappa shape index (κ2) is 8.76. The second-order valence-electron chi connectivity index (χ2n) is 6.93. The molecule has 1 unspecified atom stereocenters. The van der Waals surface area contributed by atoms with Gasteiger partial charge in [0.1, 0.15) is 17.3 Å². The lowest BCUT2D eigenvalue weighted by molar-refractivity contribution is 0.0933. The number of para-hydroxylation sites is 1. The Balaban J connectivity index is 1.42. The highest BCUT2D eigenvalue weighted by atomic mass is 16.5. The molecule has 5 nitrogen and oxygen atoms in total. The van der Waals surface area contributed by atoms with Gasteiger partial charge in [0.15, 0.2) is 0 Å². The smallest absolute Gasteiger partial charge is 0.251 e. The highest BCUT2D eigenvalue weighted by molar-refractivity contribution is 5.94. The van der Waals surface area contributed by atoms with Crippen LogP contribution in [0.4, 0.5) is 0 Å². The average molecular weight is 376 g/mol. The Bertz CT molecular complexity index is 887. The maximum Gasteiger partial charge on any atom is 0.251 e.